The van der Waals surface area contributed by atoms with E-state index in [4.69, 9.17) is 5.11 Å². The van der Waals surface area contributed by atoms with E-state index in [1.165, 1.54) is 11.8 Å². The summed E-state index contributed by atoms with van der Waals surface area (Å²) >= 11 is 1.45. The van der Waals surface area contributed by atoms with Gasteiger partial charge in [-0.15, -0.1) is 0 Å². The lowest BCUT2D eigenvalue weighted by Gasteiger charge is -2.20. The van der Waals surface area contributed by atoms with Crippen molar-refractivity contribution >= 4 is 17.7 Å². The number of aliphatic hydroxyl groups is 1. The largest absolute Gasteiger partial charge is 0.395 e. The Morgan fingerprint density at radius 3 is 2.69 bits per heavy atom. The zero-order chi connectivity index (χ0) is 12.4. The van der Waals surface area contributed by atoms with Gasteiger partial charge in [0.15, 0.2) is 0 Å². The molecule has 0 rings (SSSR count). The molecule has 0 unspecified atom stereocenters. The molecule has 0 saturated carbocycles. The first-order valence-electron chi connectivity index (χ1n) is 5.36. The highest BCUT2D eigenvalue weighted by atomic mass is 32.2. The van der Waals surface area contributed by atoms with Crippen molar-refractivity contribution in [3.05, 3.63) is 0 Å². The van der Waals surface area contributed by atoms with Gasteiger partial charge in [0.2, 0.25) is 5.91 Å². The van der Waals surface area contributed by atoms with Crippen molar-refractivity contribution in [1.82, 2.24) is 4.90 Å². The summed E-state index contributed by atoms with van der Waals surface area (Å²) in [4.78, 5) is 12.5. The Morgan fingerprint density at radius 1 is 1.50 bits per heavy atom. The summed E-state index contributed by atoms with van der Waals surface area (Å²) in [5.41, 5.74) is 0. The van der Waals surface area contributed by atoms with Crippen molar-refractivity contribution in [1.29, 1.82) is 0 Å². The van der Waals surface area contributed by atoms with Crippen LogP contribution in [0.25, 0.3) is 0 Å². The third-order valence-electron chi connectivity index (χ3n) is 1.95. The molecule has 0 fully saturated rings. The van der Waals surface area contributed by atoms with Crippen LogP contribution in [0.2, 0.25) is 0 Å². The van der Waals surface area contributed by atoms with Crippen molar-refractivity contribution in [2.45, 2.75) is 26.2 Å². The summed E-state index contributed by atoms with van der Waals surface area (Å²) in [5, 5.41) is 8.66. The van der Waals surface area contributed by atoms with E-state index in [9.17, 15) is 13.6 Å². The molecule has 0 spiro atoms. The number of aliphatic hydroxyl groups excluding tert-OH is 1. The lowest BCUT2D eigenvalue weighted by Crippen LogP contribution is -2.38. The minimum absolute atomic E-state index is 0.0164. The molecule has 3 nitrogen and oxygen atoms in total. The SMILES string of the molecule is CCCCSCC(=O)N(CCO)CC(F)F. The van der Waals surface area contributed by atoms with Crippen LogP contribution in [0.5, 0.6) is 0 Å². The normalized spacial score (nSPS) is 10.8. The van der Waals surface area contributed by atoms with Gasteiger partial charge in [-0.05, 0) is 12.2 Å². The number of carbonyl (C=O) groups excluding carboxylic acids is 1. The molecule has 96 valence electrons. The zero-order valence-electron chi connectivity index (χ0n) is 9.49. The maximum Gasteiger partial charge on any atom is 0.255 e. The van der Waals surface area contributed by atoms with E-state index in [2.05, 4.69) is 6.92 Å². The number of halogens is 2. The molecule has 0 aromatic rings. The van der Waals surface area contributed by atoms with Gasteiger partial charge >= 0.3 is 0 Å². The second-order valence-corrected chi connectivity index (χ2v) is 4.47. The van der Waals surface area contributed by atoms with E-state index < -0.39 is 13.0 Å². The molecule has 0 heterocycles. The fourth-order valence-corrected chi connectivity index (χ4v) is 2.10. The Balaban J connectivity index is 3.87. The first kappa shape index (κ1) is 15.6. The monoisotopic (exact) mass is 255 g/mol. The van der Waals surface area contributed by atoms with Crippen LogP contribution in [0.15, 0.2) is 0 Å². The molecule has 6 heteroatoms. The molecular weight excluding hydrogens is 236 g/mol. The van der Waals surface area contributed by atoms with Gasteiger partial charge < -0.3 is 10.0 Å². The van der Waals surface area contributed by atoms with Crippen molar-refractivity contribution in [2.75, 3.05) is 31.2 Å². The highest BCUT2D eigenvalue weighted by molar-refractivity contribution is 7.99. The summed E-state index contributed by atoms with van der Waals surface area (Å²) in [7, 11) is 0. The number of hydrogen-bond acceptors (Lipinski definition) is 3. The summed E-state index contributed by atoms with van der Waals surface area (Å²) in [6.45, 7) is 1.17. The minimum Gasteiger partial charge on any atom is -0.395 e. The maximum absolute atomic E-state index is 12.1. The fraction of sp³-hybridized carbons (Fsp3) is 0.900. The molecule has 0 aromatic carbocycles. The van der Waals surface area contributed by atoms with E-state index in [1.807, 2.05) is 0 Å². The quantitative estimate of drug-likeness (QED) is 0.636. The number of amides is 1. The minimum atomic E-state index is -2.55. The van der Waals surface area contributed by atoms with E-state index in [0.717, 1.165) is 23.5 Å². The van der Waals surface area contributed by atoms with Crippen molar-refractivity contribution in [3.63, 3.8) is 0 Å². The standard InChI is InChI=1S/C10H19F2NO2S/c1-2-3-6-16-8-10(15)13(4-5-14)7-9(11)12/h9,14H,2-8H2,1H3. The van der Waals surface area contributed by atoms with Gasteiger partial charge in [0.1, 0.15) is 0 Å². The van der Waals surface area contributed by atoms with Crippen molar-refractivity contribution in [2.24, 2.45) is 0 Å². The summed E-state index contributed by atoms with van der Waals surface area (Å²) in [6, 6.07) is 0. The summed E-state index contributed by atoms with van der Waals surface area (Å²) in [6.07, 6.45) is -0.470. The Hall–Kier alpha value is -0.360. The average Bonchev–Trinajstić information content (AvgIpc) is 2.23. The Kier molecular flexibility index (Phi) is 9.62. The van der Waals surface area contributed by atoms with E-state index in [-0.39, 0.29) is 24.8 Å². The first-order valence-corrected chi connectivity index (χ1v) is 6.51. The number of thioether (sulfide) groups is 1. The molecule has 0 bridgehead atoms. The van der Waals surface area contributed by atoms with Crippen LogP contribution in [-0.4, -0.2) is 53.5 Å². The van der Waals surface area contributed by atoms with Crippen molar-refractivity contribution in [3.8, 4) is 0 Å². The fourth-order valence-electron chi connectivity index (χ4n) is 1.10. The van der Waals surface area contributed by atoms with E-state index in [0.29, 0.717) is 0 Å². The lowest BCUT2D eigenvalue weighted by atomic mass is 10.4. The van der Waals surface area contributed by atoms with Gasteiger partial charge in [0.05, 0.1) is 18.9 Å². The Bertz CT molecular complexity index is 194. The molecule has 16 heavy (non-hydrogen) atoms. The summed E-state index contributed by atoms with van der Waals surface area (Å²) in [5.74, 6) is 0.756. The molecule has 0 aliphatic carbocycles. The third kappa shape index (κ3) is 7.87. The van der Waals surface area contributed by atoms with E-state index in [1.54, 1.807) is 0 Å². The van der Waals surface area contributed by atoms with Crippen LogP contribution < -0.4 is 0 Å². The highest BCUT2D eigenvalue weighted by Gasteiger charge is 2.17. The first-order chi connectivity index (χ1) is 7.61. The van der Waals surface area contributed by atoms with E-state index >= 15 is 0 Å². The van der Waals surface area contributed by atoms with Crippen LogP contribution >= 0.6 is 11.8 Å². The molecule has 0 aliphatic heterocycles. The maximum atomic E-state index is 12.1. The number of nitrogens with zero attached hydrogens (tertiary/aromatic N) is 1. The topological polar surface area (TPSA) is 40.5 Å². The second-order valence-electron chi connectivity index (χ2n) is 3.36. The van der Waals surface area contributed by atoms with Gasteiger partial charge in [-0.25, -0.2) is 8.78 Å². The predicted octanol–water partition coefficient (Wildman–Crippen LogP) is 1.61. The third-order valence-corrected chi connectivity index (χ3v) is 2.98. The van der Waals surface area contributed by atoms with Crippen LogP contribution in [0.3, 0.4) is 0 Å². The smallest absolute Gasteiger partial charge is 0.255 e. The molecular formula is C10H19F2NO2S. The highest BCUT2D eigenvalue weighted by Crippen LogP contribution is 2.07. The van der Waals surface area contributed by atoms with Crippen LogP contribution in [-0.2, 0) is 4.79 Å². The van der Waals surface area contributed by atoms with Crippen LogP contribution in [0.4, 0.5) is 8.78 Å². The van der Waals surface area contributed by atoms with Gasteiger partial charge in [-0.2, -0.15) is 11.8 Å². The van der Waals surface area contributed by atoms with Crippen molar-refractivity contribution < 1.29 is 18.7 Å². The van der Waals surface area contributed by atoms with Gasteiger partial charge in [-0.1, -0.05) is 13.3 Å². The predicted molar refractivity (Wildman–Crippen MR) is 61.9 cm³/mol. The average molecular weight is 255 g/mol. The number of unbranched alkanes of at least 4 members (excludes halogenated alkanes) is 1. The summed E-state index contributed by atoms with van der Waals surface area (Å²) < 4.78 is 24.3. The van der Waals surface area contributed by atoms with Crippen LogP contribution in [0, 0.1) is 0 Å². The van der Waals surface area contributed by atoms with Crippen LogP contribution in [0.1, 0.15) is 19.8 Å². The van der Waals surface area contributed by atoms with Gasteiger partial charge in [-0.3, -0.25) is 4.79 Å². The van der Waals surface area contributed by atoms with Gasteiger partial charge in [0, 0.05) is 6.54 Å². The molecule has 1 amide bonds. The molecule has 0 saturated heterocycles. The number of hydrogen-bond donors (Lipinski definition) is 1. The van der Waals surface area contributed by atoms with Gasteiger partial charge in [0.25, 0.3) is 6.43 Å². The number of alkyl halides is 2. The number of rotatable bonds is 9. The molecule has 0 aromatic heterocycles. The molecule has 0 atom stereocenters. The zero-order valence-corrected chi connectivity index (χ0v) is 10.3. The lowest BCUT2D eigenvalue weighted by molar-refractivity contribution is -0.130. The Labute approximate surface area is 99.2 Å². The molecule has 0 aliphatic rings. The Morgan fingerprint density at radius 2 is 2.19 bits per heavy atom. The molecule has 1 N–H and O–H groups in total. The second kappa shape index (κ2) is 9.84. The number of carbonyl (C=O) groups is 1. The molecule has 0 radical (unpaired) electrons.